The van der Waals surface area contributed by atoms with E-state index in [0.29, 0.717) is 19.4 Å². The van der Waals surface area contributed by atoms with Crippen molar-refractivity contribution in [3.05, 3.63) is 29.3 Å². The second-order valence-electron chi connectivity index (χ2n) is 8.54. The van der Waals surface area contributed by atoms with E-state index in [0.717, 1.165) is 12.3 Å². The molecule has 14 heteroatoms. The highest BCUT2D eigenvalue weighted by molar-refractivity contribution is 7.88. The summed E-state index contributed by atoms with van der Waals surface area (Å²) < 4.78 is 67.6. The molecule has 0 bridgehead atoms. The molecule has 2 rings (SSSR count). The largest absolute Gasteiger partial charge is 0.573 e. The van der Waals surface area contributed by atoms with E-state index in [1.165, 1.54) is 30.9 Å². The maximum Gasteiger partial charge on any atom is 0.573 e. The van der Waals surface area contributed by atoms with Crippen molar-refractivity contribution in [3.63, 3.8) is 0 Å². The number of carbonyl (C=O) groups excluding carboxylic acids is 3. The van der Waals surface area contributed by atoms with Gasteiger partial charge in [-0.25, -0.2) is 13.1 Å². The zero-order valence-corrected chi connectivity index (χ0v) is 19.7. The number of nitrogens with one attached hydrogen (secondary N) is 2. The van der Waals surface area contributed by atoms with Crippen LogP contribution >= 0.6 is 0 Å². The molecule has 0 saturated carbocycles. The van der Waals surface area contributed by atoms with Gasteiger partial charge in [0.15, 0.2) is 0 Å². The number of carbonyl (C=O) groups is 3. The van der Waals surface area contributed by atoms with Gasteiger partial charge in [0, 0.05) is 30.8 Å². The Kier molecular flexibility index (Phi) is 8.19. The van der Waals surface area contributed by atoms with Gasteiger partial charge in [-0.2, -0.15) is 0 Å². The van der Waals surface area contributed by atoms with E-state index in [9.17, 15) is 36.0 Å². The number of sulfonamides is 1. The lowest BCUT2D eigenvalue weighted by Crippen LogP contribution is -2.58. The van der Waals surface area contributed by atoms with Gasteiger partial charge in [0.25, 0.3) is 0 Å². The van der Waals surface area contributed by atoms with Gasteiger partial charge in [-0.3, -0.25) is 14.4 Å². The van der Waals surface area contributed by atoms with Gasteiger partial charge in [0.05, 0.1) is 12.2 Å². The number of hydrogen-bond donors (Lipinski definition) is 3. The van der Waals surface area contributed by atoms with Crippen molar-refractivity contribution in [2.75, 3.05) is 19.3 Å². The smallest absolute Gasteiger partial charge is 0.405 e. The standard InChI is InChI=1S/C20H27F3N4O6S/c1-19(2,26-34(3,31)32)18(30)27-8-4-5-14(11-27)17(29)25-10-13-7-6-12(16(24)28)9-15(13)33-20(21,22)23/h6-7,9,14,26H,4-5,8,10-11H2,1-3H3,(H2,24,28)(H,25,29)/t14-/m1/s1. The zero-order chi connectivity index (χ0) is 25.9. The van der Waals surface area contributed by atoms with Crippen molar-refractivity contribution in [2.24, 2.45) is 11.7 Å². The van der Waals surface area contributed by atoms with Crippen molar-refractivity contribution in [2.45, 2.75) is 45.1 Å². The number of ether oxygens (including phenoxy) is 1. The highest BCUT2D eigenvalue weighted by Gasteiger charge is 2.38. The van der Waals surface area contributed by atoms with E-state index in [4.69, 9.17) is 5.73 Å². The second kappa shape index (κ2) is 10.2. The number of benzene rings is 1. The fourth-order valence-electron chi connectivity index (χ4n) is 3.68. The first-order chi connectivity index (χ1) is 15.5. The average Bonchev–Trinajstić information content (AvgIpc) is 2.69. The van der Waals surface area contributed by atoms with Gasteiger partial charge in [-0.15, -0.1) is 13.2 Å². The maximum atomic E-state index is 12.8. The van der Waals surface area contributed by atoms with Gasteiger partial charge < -0.3 is 20.7 Å². The summed E-state index contributed by atoms with van der Waals surface area (Å²) in [6, 6.07) is 3.25. The van der Waals surface area contributed by atoms with E-state index >= 15 is 0 Å². The second-order valence-corrected chi connectivity index (χ2v) is 10.3. The highest BCUT2D eigenvalue weighted by atomic mass is 32.2. The molecule has 0 radical (unpaired) electrons. The van der Waals surface area contributed by atoms with Crippen LogP contribution in [0.2, 0.25) is 0 Å². The number of nitrogens with zero attached hydrogens (tertiary/aromatic N) is 1. The molecule has 1 aliphatic heterocycles. The van der Waals surface area contributed by atoms with Crippen LogP contribution in [0.4, 0.5) is 13.2 Å². The summed E-state index contributed by atoms with van der Waals surface area (Å²) in [7, 11) is -3.66. The number of alkyl halides is 3. The van der Waals surface area contributed by atoms with E-state index in [1.54, 1.807) is 0 Å². The van der Waals surface area contributed by atoms with Gasteiger partial charge in [-0.05, 0) is 38.8 Å². The van der Waals surface area contributed by atoms with Crippen LogP contribution < -0.4 is 20.5 Å². The minimum atomic E-state index is -5.02. The molecule has 1 aliphatic rings. The van der Waals surface area contributed by atoms with Crippen LogP contribution in [0.1, 0.15) is 42.6 Å². The lowest BCUT2D eigenvalue weighted by molar-refractivity contribution is -0.274. The molecule has 10 nitrogen and oxygen atoms in total. The molecular weight excluding hydrogens is 481 g/mol. The SMILES string of the molecule is CC(C)(NS(C)(=O)=O)C(=O)N1CCC[C@@H](C(=O)NCc2ccc(C(N)=O)cc2OC(F)(F)F)C1. The summed E-state index contributed by atoms with van der Waals surface area (Å²) in [6.07, 6.45) is -3.18. The molecule has 3 amide bonds. The molecule has 0 unspecified atom stereocenters. The Morgan fingerprint density at radius 3 is 2.44 bits per heavy atom. The van der Waals surface area contributed by atoms with Crippen LogP contribution in [-0.2, 0) is 26.2 Å². The Balaban J connectivity index is 2.09. The molecule has 1 atom stereocenters. The number of hydrogen-bond acceptors (Lipinski definition) is 6. The van der Waals surface area contributed by atoms with Crippen LogP contribution in [0.25, 0.3) is 0 Å². The predicted octanol–water partition coefficient (Wildman–Crippen LogP) is 0.867. The topological polar surface area (TPSA) is 148 Å². The number of halogens is 3. The van der Waals surface area contributed by atoms with Crippen LogP contribution in [-0.4, -0.2) is 62.3 Å². The highest BCUT2D eigenvalue weighted by Crippen LogP contribution is 2.28. The van der Waals surface area contributed by atoms with E-state index < -0.39 is 51.3 Å². The summed E-state index contributed by atoms with van der Waals surface area (Å²) in [5, 5.41) is 2.53. The number of rotatable bonds is 8. The van der Waals surface area contributed by atoms with Gasteiger partial charge in [0.1, 0.15) is 11.3 Å². The van der Waals surface area contributed by atoms with Crippen molar-refractivity contribution < 1.29 is 40.7 Å². The predicted molar refractivity (Wildman–Crippen MR) is 115 cm³/mol. The third kappa shape index (κ3) is 7.87. The van der Waals surface area contributed by atoms with Gasteiger partial charge in [0.2, 0.25) is 27.7 Å². The molecule has 0 spiro atoms. The Hall–Kier alpha value is -2.87. The van der Waals surface area contributed by atoms with Crippen LogP contribution in [0, 0.1) is 5.92 Å². The molecular formula is C20H27F3N4O6S. The monoisotopic (exact) mass is 508 g/mol. The number of nitrogens with two attached hydrogens (primary N) is 1. The molecule has 34 heavy (non-hydrogen) atoms. The summed E-state index contributed by atoms with van der Waals surface area (Å²) in [4.78, 5) is 38.2. The van der Waals surface area contributed by atoms with E-state index in [2.05, 4.69) is 14.8 Å². The molecule has 1 heterocycles. The van der Waals surface area contributed by atoms with E-state index in [1.807, 2.05) is 0 Å². The Bertz CT molecular complexity index is 1060. The summed E-state index contributed by atoms with van der Waals surface area (Å²) in [5.41, 5.74) is 3.46. The number of piperidine rings is 1. The first-order valence-corrected chi connectivity index (χ1v) is 12.1. The van der Waals surface area contributed by atoms with Crippen LogP contribution in [0.15, 0.2) is 18.2 Å². The zero-order valence-electron chi connectivity index (χ0n) is 18.9. The fraction of sp³-hybridized carbons (Fsp3) is 0.550. The van der Waals surface area contributed by atoms with Crippen molar-refractivity contribution in [3.8, 4) is 5.75 Å². The molecule has 0 aromatic heterocycles. The molecule has 1 aromatic carbocycles. The van der Waals surface area contributed by atoms with E-state index in [-0.39, 0.29) is 24.2 Å². The number of amides is 3. The number of likely N-dealkylation sites (tertiary alicyclic amines) is 1. The normalized spacial score (nSPS) is 17.2. The Morgan fingerprint density at radius 2 is 1.88 bits per heavy atom. The van der Waals surface area contributed by atoms with Crippen LogP contribution in [0.3, 0.4) is 0 Å². The van der Waals surface area contributed by atoms with Gasteiger partial charge in [-0.1, -0.05) is 6.07 Å². The maximum absolute atomic E-state index is 12.8. The Labute approximate surface area is 195 Å². The summed E-state index contributed by atoms with van der Waals surface area (Å²) in [5.74, 6) is -3.26. The number of primary amides is 1. The first kappa shape index (κ1) is 27.4. The van der Waals surface area contributed by atoms with Crippen molar-refractivity contribution in [1.29, 1.82) is 0 Å². The minimum Gasteiger partial charge on any atom is -0.405 e. The van der Waals surface area contributed by atoms with Crippen molar-refractivity contribution >= 4 is 27.7 Å². The molecule has 0 aliphatic carbocycles. The first-order valence-electron chi connectivity index (χ1n) is 10.2. The third-order valence-electron chi connectivity index (χ3n) is 5.09. The van der Waals surface area contributed by atoms with Crippen LogP contribution in [0.5, 0.6) is 5.75 Å². The summed E-state index contributed by atoms with van der Waals surface area (Å²) in [6.45, 7) is 2.85. The third-order valence-corrected chi connectivity index (χ3v) is 5.97. The average molecular weight is 509 g/mol. The fourth-order valence-corrected chi connectivity index (χ4v) is 4.69. The molecule has 1 aromatic rings. The molecule has 190 valence electrons. The quantitative estimate of drug-likeness (QED) is 0.475. The van der Waals surface area contributed by atoms with Crippen molar-refractivity contribution in [1.82, 2.24) is 14.9 Å². The lowest BCUT2D eigenvalue weighted by Gasteiger charge is -2.37. The molecule has 1 saturated heterocycles. The summed E-state index contributed by atoms with van der Waals surface area (Å²) >= 11 is 0. The minimum absolute atomic E-state index is 0.0199. The molecule has 1 fully saturated rings. The Morgan fingerprint density at radius 1 is 1.24 bits per heavy atom. The molecule has 4 N–H and O–H groups in total. The lowest BCUT2D eigenvalue weighted by atomic mass is 9.94. The van der Waals surface area contributed by atoms with Gasteiger partial charge >= 0.3 is 6.36 Å².